The van der Waals surface area contributed by atoms with Gasteiger partial charge in [0, 0.05) is 19.5 Å². The van der Waals surface area contributed by atoms with Crippen LogP contribution in [0.15, 0.2) is 61.2 Å². The molecule has 0 bridgehead atoms. The standard InChI is InChI=1S/C36H44S2/c1-5-8-10-12-14-16-34-20-22-36(38-34)30-18-17-29-25-31(28(7-3)24-32(29)26-30)23-27(4)35-21-19-33(37-35)15-13-11-9-6-2/h7,17-26H,3,5-6,8-16H2,1-2,4H3/b27-23+. The molecule has 0 nitrogen and oxygen atoms in total. The lowest BCUT2D eigenvalue weighted by Gasteiger charge is -2.08. The minimum Gasteiger partial charge on any atom is -0.141 e. The van der Waals surface area contributed by atoms with E-state index in [1.165, 1.54) is 123 Å². The maximum Gasteiger partial charge on any atom is 0.0345 e. The van der Waals surface area contributed by atoms with E-state index >= 15 is 0 Å². The summed E-state index contributed by atoms with van der Waals surface area (Å²) < 4.78 is 0. The Morgan fingerprint density at radius 1 is 0.684 bits per heavy atom. The topological polar surface area (TPSA) is 0 Å². The molecule has 0 N–H and O–H groups in total. The van der Waals surface area contributed by atoms with Crippen LogP contribution in [0.5, 0.6) is 0 Å². The first kappa shape index (κ1) is 28.6. The lowest BCUT2D eigenvalue weighted by atomic mass is 9.97. The molecule has 0 aliphatic heterocycles. The van der Waals surface area contributed by atoms with Crippen LogP contribution in [0.3, 0.4) is 0 Å². The fourth-order valence-electron chi connectivity index (χ4n) is 5.11. The van der Waals surface area contributed by atoms with Crippen molar-refractivity contribution >= 4 is 51.2 Å². The van der Waals surface area contributed by atoms with E-state index in [1.54, 1.807) is 0 Å². The second-order valence-corrected chi connectivity index (χ2v) is 12.9. The summed E-state index contributed by atoms with van der Waals surface area (Å²) in [6.07, 6.45) is 18.7. The third-order valence-corrected chi connectivity index (χ3v) is 9.91. The molecule has 2 heterocycles. The fraction of sp³-hybridized carbons (Fsp3) is 0.389. The van der Waals surface area contributed by atoms with Gasteiger partial charge < -0.3 is 0 Å². The van der Waals surface area contributed by atoms with Gasteiger partial charge in [0.25, 0.3) is 0 Å². The number of fused-ring (bicyclic) bond motifs is 1. The smallest absolute Gasteiger partial charge is 0.0345 e. The first-order chi connectivity index (χ1) is 18.6. The normalized spacial score (nSPS) is 11.9. The highest BCUT2D eigenvalue weighted by molar-refractivity contribution is 7.15. The molecule has 0 aliphatic rings. The molecule has 0 saturated carbocycles. The van der Waals surface area contributed by atoms with Crippen molar-refractivity contribution in [1.82, 2.24) is 0 Å². The summed E-state index contributed by atoms with van der Waals surface area (Å²) in [5, 5.41) is 2.57. The van der Waals surface area contributed by atoms with Crippen molar-refractivity contribution in [3.05, 3.63) is 86.9 Å². The van der Waals surface area contributed by atoms with Gasteiger partial charge in [-0.3, -0.25) is 0 Å². The van der Waals surface area contributed by atoms with Crippen LogP contribution in [-0.4, -0.2) is 0 Å². The van der Waals surface area contributed by atoms with Crippen LogP contribution in [0, 0.1) is 0 Å². The number of benzene rings is 2. The van der Waals surface area contributed by atoms with Gasteiger partial charge in [-0.2, -0.15) is 0 Å². The molecule has 0 atom stereocenters. The monoisotopic (exact) mass is 540 g/mol. The Balaban J connectivity index is 1.48. The zero-order chi connectivity index (χ0) is 26.7. The first-order valence-corrected chi connectivity index (χ1v) is 16.3. The Labute approximate surface area is 239 Å². The number of hydrogen-bond acceptors (Lipinski definition) is 2. The number of aryl methyl sites for hydroxylation is 2. The van der Waals surface area contributed by atoms with Crippen molar-refractivity contribution < 1.29 is 0 Å². The minimum absolute atomic E-state index is 1.20. The van der Waals surface area contributed by atoms with Crippen molar-refractivity contribution in [2.75, 3.05) is 0 Å². The van der Waals surface area contributed by atoms with Gasteiger partial charge in [-0.15, -0.1) is 22.7 Å². The second-order valence-electron chi connectivity index (χ2n) is 10.6. The van der Waals surface area contributed by atoms with Gasteiger partial charge in [-0.25, -0.2) is 0 Å². The summed E-state index contributed by atoms with van der Waals surface area (Å²) in [6.45, 7) is 10.9. The molecule has 0 unspecified atom stereocenters. The SMILES string of the molecule is C=Cc1cc2cc(-c3ccc(CCCCCCC)s3)ccc2cc1/C=C(\C)c1ccc(CCCCCC)s1. The molecule has 4 aromatic rings. The van der Waals surface area contributed by atoms with E-state index in [4.69, 9.17) is 0 Å². The van der Waals surface area contributed by atoms with Crippen molar-refractivity contribution in [2.45, 2.75) is 91.4 Å². The summed E-state index contributed by atoms with van der Waals surface area (Å²) in [6, 6.07) is 20.8. The highest BCUT2D eigenvalue weighted by atomic mass is 32.1. The molecule has 2 aromatic heterocycles. The lowest BCUT2D eigenvalue weighted by molar-refractivity contribution is 0.634. The molecule has 2 aromatic carbocycles. The van der Waals surface area contributed by atoms with E-state index < -0.39 is 0 Å². The summed E-state index contributed by atoms with van der Waals surface area (Å²) in [5.41, 5.74) is 5.09. The number of unbranched alkanes of at least 4 members (excludes halogenated alkanes) is 7. The Morgan fingerprint density at radius 3 is 2.08 bits per heavy atom. The number of hydrogen-bond donors (Lipinski definition) is 0. The van der Waals surface area contributed by atoms with E-state index in [2.05, 4.69) is 88.0 Å². The molecular weight excluding hydrogens is 497 g/mol. The molecule has 0 radical (unpaired) electrons. The van der Waals surface area contributed by atoms with E-state index in [1.807, 2.05) is 28.7 Å². The summed E-state index contributed by atoms with van der Waals surface area (Å²) in [5.74, 6) is 0. The maximum absolute atomic E-state index is 4.14. The molecule has 4 rings (SSSR count). The Kier molecular flexibility index (Phi) is 11.0. The van der Waals surface area contributed by atoms with E-state index in [9.17, 15) is 0 Å². The average Bonchev–Trinajstić information content (AvgIpc) is 3.60. The Bertz CT molecular complexity index is 1350. The van der Waals surface area contributed by atoms with Gasteiger partial charge in [-0.05, 0) is 108 Å². The van der Waals surface area contributed by atoms with Crippen LogP contribution in [0.4, 0.5) is 0 Å². The third kappa shape index (κ3) is 7.80. The summed E-state index contributed by atoms with van der Waals surface area (Å²) >= 11 is 3.91. The van der Waals surface area contributed by atoms with Crippen LogP contribution in [-0.2, 0) is 12.8 Å². The van der Waals surface area contributed by atoms with Gasteiger partial charge in [0.05, 0.1) is 0 Å². The largest absolute Gasteiger partial charge is 0.141 e. The predicted octanol–water partition coefficient (Wildman–Crippen LogP) is 12.5. The molecule has 2 heteroatoms. The highest BCUT2D eigenvalue weighted by Gasteiger charge is 2.08. The third-order valence-electron chi connectivity index (χ3n) is 7.43. The molecule has 0 aliphatic carbocycles. The molecule has 38 heavy (non-hydrogen) atoms. The Morgan fingerprint density at radius 2 is 1.34 bits per heavy atom. The van der Waals surface area contributed by atoms with Gasteiger partial charge >= 0.3 is 0 Å². The van der Waals surface area contributed by atoms with E-state index in [-0.39, 0.29) is 0 Å². The zero-order valence-corrected chi connectivity index (χ0v) is 25.3. The fourth-order valence-corrected chi connectivity index (χ4v) is 7.18. The first-order valence-electron chi connectivity index (χ1n) is 14.7. The van der Waals surface area contributed by atoms with Crippen LogP contribution in [0.25, 0.3) is 38.9 Å². The molecule has 0 spiro atoms. The minimum atomic E-state index is 1.20. The van der Waals surface area contributed by atoms with Crippen LogP contribution in [0.1, 0.15) is 104 Å². The molecule has 0 amide bonds. The van der Waals surface area contributed by atoms with E-state index in [0.29, 0.717) is 0 Å². The predicted molar refractivity (Wildman–Crippen MR) is 176 cm³/mol. The van der Waals surface area contributed by atoms with Crippen molar-refractivity contribution in [1.29, 1.82) is 0 Å². The maximum atomic E-state index is 4.14. The molecule has 0 saturated heterocycles. The van der Waals surface area contributed by atoms with Gasteiger partial charge in [0.1, 0.15) is 0 Å². The summed E-state index contributed by atoms with van der Waals surface area (Å²) in [7, 11) is 0. The quantitative estimate of drug-likeness (QED) is 0.132. The second kappa shape index (κ2) is 14.7. The Hall–Kier alpha value is -2.42. The van der Waals surface area contributed by atoms with Gasteiger partial charge in [0.2, 0.25) is 0 Å². The number of thiophene rings is 2. The number of allylic oxidation sites excluding steroid dienone is 1. The van der Waals surface area contributed by atoms with E-state index in [0.717, 1.165) is 0 Å². The zero-order valence-electron chi connectivity index (χ0n) is 23.7. The van der Waals surface area contributed by atoms with Crippen LogP contribution < -0.4 is 0 Å². The number of rotatable bonds is 15. The molecular formula is C36H44S2. The van der Waals surface area contributed by atoms with Gasteiger partial charge in [0.15, 0.2) is 0 Å². The highest BCUT2D eigenvalue weighted by Crippen LogP contribution is 2.34. The van der Waals surface area contributed by atoms with Crippen molar-refractivity contribution in [3.8, 4) is 10.4 Å². The average molecular weight is 541 g/mol. The lowest BCUT2D eigenvalue weighted by Crippen LogP contribution is -1.85. The summed E-state index contributed by atoms with van der Waals surface area (Å²) in [4.78, 5) is 5.77. The van der Waals surface area contributed by atoms with Crippen LogP contribution >= 0.6 is 22.7 Å². The van der Waals surface area contributed by atoms with Crippen LogP contribution in [0.2, 0.25) is 0 Å². The molecule has 0 fully saturated rings. The van der Waals surface area contributed by atoms with Crippen molar-refractivity contribution in [2.24, 2.45) is 0 Å². The van der Waals surface area contributed by atoms with Crippen molar-refractivity contribution in [3.63, 3.8) is 0 Å². The molecule has 200 valence electrons. The van der Waals surface area contributed by atoms with Gasteiger partial charge in [-0.1, -0.05) is 89.7 Å².